The highest BCUT2D eigenvalue weighted by Gasteiger charge is 2.02. The standard InChI is InChI=1S/C13H21FN2/c1-4-15-8-11(3)16-9-12-6-5-10(2)13(14)7-12/h5-7,11,15-16H,4,8-9H2,1-3H3. The first-order chi connectivity index (χ1) is 7.63. The van der Waals surface area contributed by atoms with E-state index in [0.29, 0.717) is 18.2 Å². The average molecular weight is 224 g/mol. The topological polar surface area (TPSA) is 24.1 Å². The monoisotopic (exact) mass is 224 g/mol. The molecule has 1 aromatic carbocycles. The maximum atomic E-state index is 13.3. The molecule has 0 aliphatic heterocycles. The van der Waals surface area contributed by atoms with E-state index in [1.54, 1.807) is 13.0 Å². The van der Waals surface area contributed by atoms with Crippen molar-refractivity contribution in [3.8, 4) is 0 Å². The molecule has 0 amide bonds. The van der Waals surface area contributed by atoms with Crippen LogP contribution in [0.5, 0.6) is 0 Å². The van der Waals surface area contributed by atoms with E-state index in [0.717, 1.165) is 18.7 Å². The van der Waals surface area contributed by atoms with Crippen molar-refractivity contribution in [2.45, 2.75) is 33.4 Å². The van der Waals surface area contributed by atoms with Crippen LogP contribution in [0.25, 0.3) is 0 Å². The molecule has 0 fully saturated rings. The average Bonchev–Trinajstić information content (AvgIpc) is 2.28. The van der Waals surface area contributed by atoms with Crippen molar-refractivity contribution >= 4 is 0 Å². The Kier molecular flexibility index (Phi) is 5.43. The Hall–Kier alpha value is -0.930. The van der Waals surface area contributed by atoms with Gasteiger partial charge in [0.25, 0.3) is 0 Å². The maximum Gasteiger partial charge on any atom is 0.126 e. The van der Waals surface area contributed by atoms with E-state index in [4.69, 9.17) is 0 Å². The zero-order valence-corrected chi connectivity index (χ0v) is 10.3. The lowest BCUT2D eigenvalue weighted by molar-refractivity contribution is 0.507. The second-order valence-electron chi connectivity index (χ2n) is 4.17. The van der Waals surface area contributed by atoms with Gasteiger partial charge in [-0.25, -0.2) is 4.39 Å². The van der Waals surface area contributed by atoms with Crippen LogP contribution in [0.2, 0.25) is 0 Å². The third-order valence-electron chi connectivity index (χ3n) is 2.59. The number of likely N-dealkylation sites (N-methyl/N-ethyl adjacent to an activating group) is 1. The molecular weight excluding hydrogens is 203 g/mol. The summed E-state index contributed by atoms with van der Waals surface area (Å²) in [5, 5.41) is 6.62. The first-order valence-corrected chi connectivity index (χ1v) is 5.82. The number of rotatable bonds is 6. The summed E-state index contributed by atoms with van der Waals surface area (Å²) in [6, 6.07) is 5.78. The molecule has 0 aromatic heterocycles. The van der Waals surface area contributed by atoms with Crippen molar-refractivity contribution in [1.29, 1.82) is 0 Å². The van der Waals surface area contributed by atoms with E-state index in [9.17, 15) is 4.39 Å². The third kappa shape index (κ3) is 4.29. The van der Waals surface area contributed by atoms with Crippen LogP contribution in [0, 0.1) is 12.7 Å². The van der Waals surface area contributed by atoms with Gasteiger partial charge in [0, 0.05) is 19.1 Å². The van der Waals surface area contributed by atoms with E-state index in [-0.39, 0.29) is 5.82 Å². The fourth-order valence-corrected chi connectivity index (χ4v) is 1.47. The number of benzene rings is 1. The fourth-order valence-electron chi connectivity index (χ4n) is 1.47. The number of hydrogen-bond acceptors (Lipinski definition) is 2. The van der Waals surface area contributed by atoms with Crippen LogP contribution in [-0.2, 0) is 6.54 Å². The summed E-state index contributed by atoms with van der Waals surface area (Å²) >= 11 is 0. The highest BCUT2D eigenvalue weighted by Crippen LogP contribution is 2.08. The van der Waals surface area contributed by atoms with Crippen molar-refractivity contribution in [1.82, 2.24) is 10.6 Å². The molecule has 1 rings (SSSR count). The summed E-state index contributed by atoms with van der Waals surface area (Å²) in [5.41, 5.74) is 1.69. The lowest BCUT2D eigenvalue weighted by Gasteiger charge is -2.14. The molecule has 0 aliphatic carbocycles. The summed E-state index contributed by atoms with van der Waals surface area (Å²) in [5.74, 6) is -0.126. The number of nitrogens with one attached hydrogen (secondary N) is 2. The Labute approximate surface area is 97.3 Å². The fraction of sp³-hybridized carbons (Fsp3) is 0.538. The summed E-state index contributed by atoms with van der Waals surface area (Å²) in [6.45, 7) is 8.61. The molecule has 1 atom stereocenters. The maximum absolute atomic E-state index is 13.3. The number of halogens is 1. The molecule has 2 N–H and O–H groups in total. The highest BCUT2D eigenvalue weighted by atomic mass is 19.1. The Bertz CT molecular complexity index is 326. The Morgan fingerprint density at radius 1 is 1.38 bits per heavy atom. The quantitative estimate of drug-likeness (QED) is 0.774. The molecule has 0 heterocycles. The van der Waals surface area contributed by atoms with Gasteiger partial charge in [0.15, 0.2) is 0 Å². The van der Waals surface area contributed by atoms with Gasteiger partial charge in [-0.2, -0.15) is 0 Å². The summed E-state index contributed by atoms with van der Waals surface area (Å²) < 4.78 is 13.3. The van der Waals surface area contributed by atoms with Gasteiger partial charge in [-0.05, 0) is 37.6 Å². The van der Waals surface area contributed by atoms with Gasteiger partial charge in [0.1, 0.15) is 5.82 Å². The minimum absolute atomic E-state index is 0.126. The lowest BCUT2D eigenvalue weighted by Crippen LogP contribution is -2.35. The van der Waals surface area contributed by atoms with Crippen LogP contribution in [0.1, 0.15) is 25.0 Å². The van der Waals surface area contributed by atoms with Crippen LogP contribution < -0.4 is 10.6 Å². The smallest absolute Gasteiger partial charge is 0.126 e. The second kappa shape index (κ2) is 6.61. The van der Waals surface area contributed by atoms with Crippen molar-refractivity contribution in [2.24, 2.45) is 0 Å². The minimum Gasteiger partial charge on any atom is -0.315 e. The van der Waals surface area contributed by atoms with Gasteiger partial charge in [-0.15, -0.1) is 0 Å². The molecule has 3 heteroatoms. The van der Waals surface area contributed by atoms with Gasteiger partial charge >= 0.3 is 0 Å². The predicted molar refractivity (Wildman–Crippen MR) is 66.0 cm³/mol. The molecule has 1 aromatic rings. The predicted octanol–water partition coefficient (Wildman–Crippen LogP) is 2.22. The molecule has 1 unspecified atom stereocenters. The molecule has 90 valence electrons. The Balaban J connectivity index is 2.39. The van der Waals surface area contributed by atoms with Crippen LogP contribution in [0.15, 0.2) is 18.2 Å². The number of aryl methyl sites for hydroxylation is 1. The van der Waals surface area contributed by atoms with Gasteiger partial charge in [0.2, 0.25) is 0 Å². The summed E-state index contributed by atoms with van der Waals surface area (Å²) in [7, 11) is 0. The lowest BCUT2D eigenvalue weighted by atomic mass is 10.1. The molecule has 0 saturated carbocycles. The van der Waals surface area contributed by atoms with Crippen molar-refractivity contribution in [3.63, 3.8) is 0 Å². The Morgan fingerprint density at radius 2 is 2.12 bits per heavy atom. The molecular formula is C13H21FN2. The van der Waals surface area contributed by atoms with Crippen molar-refractivity contribution in [3.05, 3.63) is 35.1 Å². The van der Waals surface area contributed by atoms with Crippen LogP contribution in [-0.4, -0.2) is 19.1 Å². The van der Waals surface area contributed by atoms with Gasteiger partial charge in [-0.3, -0.25) is 0 Å². The molecule has 16 heavy (non-hydrogen) atoms. The molecule has 0 bridgehead atoms. The highest BCUT2D eigenvalue weighted by molar-refractivity contribution is 5.23. The molecule has 0 spiro atoms. The van der Waals surface area contributed by atoms with E-state index in [2.05, 4.69) is 24.5 Å². The SMILES string of the molecule is CCNCC(C)NCc1ccc(C)c(F)c1. The molecule has 0 radical (unpaired) electrons. The molecule has 2 nitrogen and oxygen atoms in total. The van der Waals surface area contributed by atoms with E-state index in [1.807, 2.05) is 12.1 Å². The Morgan fingerprint density at radius 3 is 2.75 bits per heavy atom. The number of hydrogen-bond donors (Lipinski definition) is 2. The first-order valence-electron chi connectivity index (χ1n) is 5.82. The van der Waals surface area contributed by atoms with Crippen LogP contribution >= 0.6 is 0 Å². The third-order valence-corrected chi connectivity index (χ3v) is 2.59. The van der Waals surface area contributed by atoms with Gasteiger partial charge in [-0.1, -0.05) is 19.1 Å². The first kappa shape index (κ1) is 13.1. The van der Waals surface area contributed by atoms with Crippen molar-refractivity contribution < 1.29 is 4.39 Å². The normalized spacial score (nSPS) is 12.8. The van der Waals surface area contributed by atoms with E-state index >= 15 is 0 Å². The minimum atomic E-state index is -0.126. The van der Waals surface area contributed by atoms with Crippen molar-refractivity contribution in [2.75, 3.05) is 13.1 Å². The zero-order chi connectivity index (χ0) is 12.0. The molecule has 0 aliphatic rings. The summed E-state index contributed by atoms with van der Waals surface area (Å²) in [6.07, 6.45) is 0. The van der Waals surface area contributed by atoms with Crippen LogP contribution in [0.4, 0.5) is 4.39 Å². The zero-order valence-electron chi connectivity index (χ0n) is 10.3. The largest absolute Gasteiger partial charge is 0.315 e. The second-order valence-corrected chi connectivity index (χ2v) is 4.17. The van der Waals surface area contributed by atoms with E-state index in [1.165, 1.54) is 0 Å². The van der Waals surface area contributed by atoms with Gasteiger partial charge < -0.3 is 10.6 Å². The van der Waals surface area contributed by atoms with Crippen LogP contribution in [0.3, 0.4) is 0 Å². The van der Waals surface area contributed by atoms with E-state index < -0.39 is 0 Å². The molecule has 0 saturated heterocycles. The van der Waals surface area contributed by atoms with Gasteiger partial charge in [0.05, 0.1) is 0 Å². The summed E-state index contributed by atoms with van der Waals surface area (Å²) in [4.78, 5) is 0.